The third-order valence-corrected chi connectivity index (χ3v) is 3.50. The monoisotopic (exact) mass is 232 g/mol. The summed E-state index contributed by atoms with van der Waals surface area (Å²) in [7, 11) is 0. The number of hydrogen-bond acceptors (Lipinski definition) is 1. The maximum atomic E-state index is 13.6. The summed E-state index contributed by atoms with van der Waals surface area (Å²) < 4.78 is 26.8. The second-order valence-electron chi connectivity index (χ2n) is 4.05. The number of rotatable bonds is 2. The van der Waals surface area contributed by atoms with Crippen molar-refractivity contribution in [2.24, 2.45) is 0 Å². The van der Waals surface area contributed by atoms with Gasteiger partial charge in [0.05, 0.1) is 11.1 Å². The second kappa shape index (κ2) is 3.42. The van der Waals surface area contributed by atoms with Crippen LogP contribution in [0.15, 0.2) is 12.1 Å². The van der Waals surface area contributed by atoms with Crippen molar-refractivity contribution in [3.63, 3.8) is 0 Å². The smallest absolute Gasteiger partial charge is 0.142 e. The molecule has 0 heterocycles. The lowest BCUT2D eigenvalue weighted by atomic mass is 9.90. The van der Waals surface area contributed by atoms with Crippen molar-refractivity contribution in [1.29, 1.82) is 0 Å². The van der Waals surface area contributed by atoms with Crippen LogP contribution < -0.4 is 0 Å². The Morgan fingerprint density at radius 1 is 1.33 bits per heavy atom. The zero-order valence-corrected chi connectivity index (χ0v) is 8.98. The Hall–Kier alpha value is -0.670. The average molecular weight is 233 g/mol. The maximum absolute atomic E-state index is 13.6. The van der Waals surface area contributed by atoms with Crippen molar-refractivity contribution >= 4 is 11.6 Å². The SMILES string of the molecule is CC(O)C1(c2c(F)ccc(F)c2Cl)CC1. The molecule has 1 unspecified atom stereocenters. The molecule has 82 valence electrons. The summed E-state index contributed by atoms with van der Waals surface area (Å²) in [5.74, 6) is -1.18. The fourth-order valence-electron chi connectivity index (χ4n) is 1.99. The van der Waals surface area contributed by atoms with Crippen molar-refractivity contribution in [2.45, 2.75) is 31.3 Å². The average Bonchev–Trinajstić information content (AvgIpc) is 2.93. The molecule has 2 rings (SSSR count). The minimum Gasteiger partial charge on any atom is -0.392 e. The van der Waals surface area contributed by atoms with Gasteiger partial charge in [-0.15, -0.1) is 0 Å². The molecule has 1 aromatic carbocycles. The van der Waals surface area contributed by atoms with Crippen molar-refractivity contribution in [3.8, 4) is 0 Å². The highest BCUT2D eigenvalue weighted by Crippen LogP contribution is 2.54. The van der Waals surface area contributed by atoms with Crippen LogP contribution in [0.2, 0.25) is 5.02 Å². The zero-order chi connectivity index (χ0) is 11.2. The van der Waals surface area contributed by atoms with Gasteiger partial charge in [-0.2, -0.15) is 0 Å². The normalized spacial score (nSPS) is 20.1. The molecular formula is C11H11ClF2O. The number of aliphatic hydroxyl groups excluding tert-OH is 1. The largest absolute Gasteiger partial charge is 0.392 e. The molecule has 4 heteroatoms. The molecule has 1 saturated carbocycles. The first-order chi connectivity index (χ1) is 6.99. The Kier molecular flexibility index (Phi) is 2.47. The zero-order valence-electron chi connectivity index (χ0n) is 8.23. The Balaban J connectivity index is 2.57. The van der Waals surface area contributed by atoms with E-state index in [9.17, 15) is 13.9 Å². The molecule has 0 amide bonds. The van der Waals surface area contributed by atoms with Crippen LogP contribution in [0.5, 0.6) is 0 Å². The number of halogens is 3. The van der Waals surface area contributed by atoms with Gasteiger partial charge in [-0.05, 0) is 31.9 Å². The topological polar surface area (TPSA) is 20.2 Å². The van der Waals surface area contributed by atoms with E-state index in [-0.39, 0.29) is 10.6 Å². The van der Waals surface area contributed by atoms with Crippen LogP contribution in [-0.4, -0.2) is 11.2 Å². The van der Waals surface area contributed by atoms with Crippen molar-refractivity contribution < 1.29 is 13.9 Å². The summed E-state index contributed by atoms with van der Waals surface area (Å²) in [5, 5.41) is 9.39. The fraction of sp³-hybridized carbons (Fsp3) is 0.455. The quantitative estimate of drug-likeness (QED) is 0.778. The highest BCUT2D eigenvalue weighted by molar-refractivity contribution is 6.31. The van der Waals surface area contributed by atoms with E-state index in [2.05, 4.69) is 0 Å². The van der Waals surface area contributed by atoms with Gasteiger partial charge in [-0.3, -0.25) is 0 Å². The number of aliphatic hydroxyl groups is 1. The van der Waals surface area contributed by atoms with Gasteiger partial charge >= 0.3 is 0 Å². The van der Waals surface area contributed by atoms with Gasteiger partial charge in [0.2, 0.25) is 0 Å². The van der Waals surface area contributed by atoms with Gasteiger partial charge in [0.15, 0.2) is 0 Å². The third-order valence-electron chi connectivity index (χ3n) is 3.13. The van der Waals surface area contributed by atoms with E-state index < -0.39 is 23.2 Å². The molecule has 1 aliphatic rings. The summed E-state index contributed by atoms with van der Waals surface area (Å²) in [5.41, 5.74) is -0.553. The molecule has 1 aliphatic carbocycles. The van der Waals surface area contributed by atoms with Crippen LogP contribution in [0, 0.1) is 11.6 Å². The highest BCUT2D eigenvalue weighted by atomic mass is 35.5. The van der Waals surface area contributed by atoms with Gasteiger partial charge in [0.1, 0.15) is 11.6 Å². The molecule has 1 N–H and O–H groups in total. The van der Waals surface area contributed by atoms with E-state index in [0.29, 0.717) is 12.8 Å². The summed E-state index contributed by atoms with van der Waals surface area (Å²) in [6, 6.07) is 2.05. The Morgan fingerprint density at radius 3 is 2.33 bits per heavy atom. The summed E-state index contributed by atoms with van der Waals surface area (Å²) in [6.45, 7) is 1.58. The lowest BCUT2D eigenvalue weighted by Gasteiger charge is -2.21. The molecule has 0 bridgehead atoms. The van der Waals surface area contributed by atoms with Gasteiger partial charge in [0, 0.05) is 11.0 Å². The van der Waals surface area contributed by atoms with E-state index in [1.807, 2.05) is 0 Å². The lowest BCUT2D eigenvalue weighted by Crippen LogP contribution is -2.24. The van der Waals surface area contributed by atoms with E-state index in [1.54, 1.807) is 6.92 Å². The Morgan fingerprint density at radius 2 is 1.87 bits per heavy atom. The minimum atomic E-state index is -0.716. The summed E-state index contributed by atoms with van der Waals surface area (Å²) in [6.07, 6.45) is 0.571. The Bertz CT molecular complexity index is 400. The predicted molar refractivity (Wildman–Crippen MR) is 54.0 cm³/mol. The van der Waals surface area contributed by atoms with Crippen molar-refractivity contribution in [1.82, 2.24) is 0 Å². The van der Waals surface area contributed by atoms with Gasteiger partial charge in [-0.1, -0.05) is 11.6 Å². The van der Waals surface area contributed by atoms with E-state index in [4.69, 9.17) is 11.6 Å². The third kappa shape index (κ3) is 1.54. The number of hydrogen-bond donors (Lipinski definition) is 1. The molecular weight excluding hydrogens is 222 g/mol. The molecule has 0 spiro atoms. The van der Waals surface area contributed by atoms with Crippen LogP contribution in [0.25, 0.3) is 0 Å². The summed E-state index contributed by atoms with van der Waals surface area (Å²) in [4.78, 5) is 0. The standard InChI is InChI=1S/C11H11ClF2O/c1-6(15)11(4-5-11)9-7(13)2-3-8(14)10(9)12/h2-3,6,15H,4-5H2,1H3. The number of benzene rings is 1. The van der Waals surface area contributed by atoms with Crippen LogP contribution in [-0.2, 0) is 5.41 Å². The lowest BCUT2D eigenvalue weighted by molar-refractivity contribution is 0.148. The molecule has 15 heavy (non-hydrogen) atoms. The molecule has 0 aromatic heterocycles. The predicted octanol–water partition coefficient (Wildman–Crippen LogP) is 3.03. The van der Waals surface area contributed by atoms with Crippen LogP contribution in [0.1, 0.15) is 25.3 Å². The van der Waals surface area contributed by atoms with Crippen molar-refractivity contribution in [3.05, 3.63) is 34.4 Å². The first kappa shape index (κ1) is 10.8. The van der Waals surface area contributed by atoms with Crippen molar-refractivity contribution in [2.75, 3.05) is 0 Å². The van der Waals surface area contributed by atoms with E-state index in [1.165, 1.54) is 0 Å². The van der Waals surface area contributed by atoms with Crippen LogP contribution in [0.4, 0.5) is 8.78 Å². The highest BCUT2D eigenvalue weighted by Gasteiger charge is 2.51. The second-order valence-corrected chi connectivity index (χ2v) is 4.43. The molecule has 1 aromatic rings. The Labute approximate surface area is 91.7 Å². The first-order valence-corrected chi connectivity index (χ1v) is 5.19. The molecule has 1 fully saturated rings. The maximum Gasteiger partial charge on any atom is 0.142 e. The van der Waals surface area contributed by atoms with E-state index >= 15 is 0 Å². The van der Waals surface area contributed by atoms with Gasteiger partial charge < -0.3 is 5.11 Å². The molecule has 0 saturated heterocycles. The molecule has 0 radical (unpaired) electrons. The first-order valence-electron chi connectivity index (χ1n) is 4.81. The molecule has 1 nitrogen and oxygen atoms in total. The van der Waals surface area contributed by atoms with Gasteiger partial charge in [-0.25, -0.2) is 8.78 Å². The van der Waals surface area contributed by atoms with Crippen LogP contribution in [0.3, 0.4) is 0 Å². The molecule has 1 atom stereocenters. The fourth-order valence-corrected chi connectivity index (χ4v) is 2.34. The van der Waals surface area contributed by atoms with E-state index in [0.717, 1.165) is 12.1 Å². The summed E-state index contributed by atoms with van der Waals surface area (Å²) >= 11 is 5.74. The van der Waals surface area contributed by atoms with Gasteiger partial charge in [0.25, 0.3) is 0 Å². The van der Waals surface area contributed by atoms with Crippen LogP contribution >= 0.6 is 11.6 Å². The minimum absolute atomic E-state index is 0.124. The molecule has 0 aliphatic heterocycles.